The summed E-state index contributed by atoms with van der Waals surface area (Å²) in [6, 6.07) is 0.0570. The van der Waals surface area contributed by atoms with Crippen molar-refractivity contribution in [1.82, 2.24) is 10.2 Å². The molecule has 0 aromatic carbocycles. The SMILES string of the molecule is CNC(=O)N1CCC(SC)C1. The van der Waals surface area contributed by atoms with Gasteiger partial charge in [0.05, 0.1) is 0 Å². The second-order valence-corrected chi connectivity index (χ2v) is 3.79. The number of carbonyl (C=O) groups excluding carboxylic acids is 1. The van der Waals surface area contributed by atoms with Gasteiger partial charge in [-0.05, 0) is 12.7 Å². The Hall–Kier alpha value is -0.380. The van der Waals surface area contributed by atoms with Gasteiger partial charge in [0.15, 0.2) is 0 Å². The maximum Gasteiger partial charge on any atom is 0.317 e. The quantitative estimate of drug-likeness (QED) is 0.636. The molecule has 0 radical (unpaired) electrons. The number of hydrogen-bond donors (Lipinski definition) is 1. The van der Waals surface area contributed by atoms with E-state index in [4.69, 9.17) is 0 Å². The van der Waals surface area contributed by atoms with Crippen LogP contribution in [0.3, 0.4) is 0 Å². The van der Waals surface area contributed by atoms with Gasteiger partial charge in [-0.15, -0.1) is 0 Å². The minimum Gasteiger partial charge on any atom is -0.341 e. The largest absolute Gasteiger partial charge is 0.341 e. The molecule has 1 aliphatic rings. The Morgan fingerprint density at radius 3 is 2.91 bits per heavy atom. The lowest BCUT2D eigenvalue weighted by Gasteiger charge is -2.14. The van der Waals surface area contributed by atoms with Crippen LogP contribution in [0.15, 0.2) is 0 Å². The summed E-state index contributed by atoms with van der Waals surface area (Å²) in [5.41, 5.74) is 0. The minimum absolute atomic E-state index is 0.0570. The topological polar surface area (TPSA) is 32.3 Å². The van der Waals surface area contributed by atoms with E-state index in [-0.39, 0.29) is 6.03 Å². The smallest absolute Gasteiger partial charge is 0.317 e. The number of nitrogens with zero attached hydrogens (tertiary/aromatic N) is 1. The first-order valence-electron chi connectivity index (χ1n) is 3.77. The number of rotatable bonds is 1. The third kappa shape index (κ3) is 2.02. The van der Waals surface area contributed by atoms with Crippen LogP contribution in [0.1, 0.15) is 6.42 Å². The van der Waals surface area contributed by atoms with Crippen LogP contribution in [0, 0.1) is 0 Å². The lowest BCUT2D eigenvalue weighted by Crippen LogP contribution is -2.36. The molecule has 64 valence electrons. The molecule has 1 atom stereocenters. The molecule has 3 nitrogen and oxygen atoms in total. The zero-order valence-corrected chi connectivity index (χ0v) is 7.78. The molecule has 1 aliphatic heterocycles. The molecule has 1 heterocycles. The summed E-state index contributed by atoms with van der Waals surface area (Å²) < 4.78 is 0. The third-order valence-electron chi connectivity index (χ3n) is 1.98. The van der Waals surface area contributed by atoms with Gasteiger partial charge < -0.3 is 10.2 Å². The highest BCUT2D eigenvalue weighted by atomic mass is 32.2. The maximum absolute atomic E-state index is 11.1. The number of amides is 2. The first kappa shape index (κ1) is 8.71. The summed E-state index contributed by atoms with van der Waals surface area (Å²) in [7, 11) is 1.68. The highest BCUT2D eigenvalue weighted by Gasteiger charge is 2.24. The molecule has 0 bridgehead atoms. The molecular formula is C7H14N2OS. The Kier molecular flexibility index (Phi) is 3.05. The minimum atomic E-state index is 0.0570. The van der Waals surface area contributed by atoms with Crippen molar-refractivity contribution in [2.45, 2.75) is 11.7 Å². The van der Waals surface area contributed by atoms with Crippen molar-refractivity contribution < 1.29 is 4.79 Å². The Morgan fingerprint density at radius 2 is 2.45 bits per heavy atom. The Balaban J connectivity index is 2.35. The van der Waals surface area contributed by atoms with E-state index in [1.807, 2.05) is 16.7 Å². The van der Waals surface area contributed by atoms with Gasteiger partial charge in [-0.25, -0.2) is 4.79 Å². The van der Waals surface area contributed by atoms with E-state index in [2.05, 4.69) is 11.6 Å². The van der Waals surface area contributed by atoms with Gasteiger partial charge in [0.2, 0.25) is 0 Å². The average Bonchev–Trinajstić information content (AvgIpc) is 2.50. The third-order valence-corrected chi connectivity index (χ3v) is 3.03. The van der Waals surface area contributed by atoms with E-state index in [1.54, 1.807) is 7.05 Å². The Morgan fingerprint density at radius 1 is 1.73 bits per heavy atom. The van der Waals surface area contributed by atoms with Crippen LogP contribution >= 0.6 is 11.8 Å². The molecule has 0 aromatic rings. The van der Waals surface area contributed by atoms with E-state index >= 15 is 0 Å². The highest BCUT2D eigenvalue weighted by Crippen LogP contribution is 2.19. The molecule has 1 fully saturated rings. The zero-order chi connectivity index (χ0) is 8.27. The number of nitrogens with one attached hydrogen (secondary N) is 1. The van der Waals surface area contributed by atoms with Crippen molar-refractivity contribution >= 4 is 17.8 Å². The Labute approximate surface area is 71.5 Å². The van der Waals surface area contributed by atoms with E-state index in [9.17, 15) is 4.79 Å². The molecule has 0 spiro atoms. The lowest BCUT2D eigenvalue weighted by molar-refractivity contribution is 0.211. The summed E-state index contributed by atoms with van der Waals surface area (Å²) in [4.78, 5) is 12.9. The lowest BCUT2D eigenvalue weighted by atomic mass is 10.4. The second-order valence-electron chi connectivity index (χ2n) is 2.65. The van der Waals surface area contributed by atoms with Crippen molar-refractivity contribution in [3.63, 3.8) is 0 Å². The van der Waals surface area contributed by atoms with Gasteiger partial charge in [0.25, 0.3) is 0 Å². The normalized spacial score (nSPS) is 23.8. The molecule has 0 aromatic heterocycles. The molecule has 1 N–H and O–H groups in total. The first-order chi connectivity index (χ1) is 5.27. The standard InChI is InChI=1S/C7H14N2OS/c1-8-7(10)9-4-3-6(5-9)11-2/h6H,3-5H2,1-2H3,(H,8,10). The number of hydrogen-bond acceptors (Lipinski definition) is 2. The fourth-order valence-corrected chi connectivity index (χ4v) is 1.93. The van der Waals surface area contributed by atoms with Crippen LogP contribution in [-0.4, -0.2) is 42.6 Å². The molecule has 0 aliphatic carbocycles. The molecule has 1 saturated heterocycles. The van der Waals surface area contributed by atoms with Crippen LogP contribution in [-0.2, 0) is 0 Å². The van der Waals surface area contributed by atoms with Gasteiger partial charge in [0, 0.05) is 25.4 Å². The second kappa shape index (κ2) is 3.85. The number of urea groups is 1. The van der Waals surface area contributed by atoms with Crippen LogP contribution in [0.4, 0.5) is 4.79 Å². The first-order valence-corrected chi connectivity index (χ1v) is 5.06. The zero-order valence-electron chi connectivity index (χ0n) is 6.96. The summed E-state index contributed by atoms with van der Waals surface area (Å²) in [5.74, 6) is 0. The van der Waals surface area contributed by atoms with E-state index in [0.717, 1.165) is 19.5 Å². The fraction of sp³-hybridized carbons (Fsp3) is 0.857. The van der Waals surface area contributed by atoms with Gasteiger partial charge in [0.1, 0.15) is 0 Å². The summed E-state index contributed by atoms with van der Waals surface area (Å²) in [6.45, 7) is 1.81. The summed E-state index contributed by atoms with van der Waals surface area (Å²) >= 11 is 1.84. The van der Waals surface area contributed by atoms with Crippen molar-refractivity contribution in [1.29, 1.82) is 0 Å². The maximum atomic E-state index is 11.1. The van der Waals surface area contributed by atoms with Gasteiger partial charge in [-0.1, -0.05) is 0 Å². The molecule has 1 unspecified atom stereocenters. The average molecular weight is 174 g/mol. The van der Waals surface area contributed by atoms with Gasteiger partial charge >= 0.3 is 6.03 Å². The summed E-state index contributed by atoms with van der Waals surface area (Å²) in [6.07, 6.45) is 3.23. The predicted molar refractivity (Wildman–Crippen MR) is 47.9 cm³/mol. The number of carbonyl (C=O) groups is 1. The van der Waals surface area contributed by atoms with Gasteiger partial charge in [-0.2, -0.15) is 11.8 Å². The van der Waals surface area contributed by atoms with Crippen molar-refractivity contribution in [2.75, 3.05) is 26.4 Å². The van der Waals surface area contributed by atoms with Crippen LogP contribution < -0.4 is 5.32 Å². The van der Waals surface area contributed by atoms with E-state index in [0.29, 0.717) is 5.25 Å². The molecule has 4 heteroatoms. The van der Waals surface area contributed by atoms with Crippen molar-refractivity contribution in [3.8, 4) is 0 Å². The fourth-order valence-electron chi connectivity index (χ4n) is 1.26. The summed E-state index contributed by atoms with van der Waals surface area (Å²) in [5, 5.41) is 3.27. The van der Waals surface area contributed by atoms with E-state index in [1.165, 1.54) is 0 Å². The van der Waals surface area contributed by atoms with Crippen molar-refractivity contribution in [2.24, 2.45) is 0 Å². The Bertz CT molecular complexity index is 151. The van der Waals surface area contributed by atoms with Gasteiger partial charge in [-0.3, -0.25) is 0 Å². The molecule has 1 rings (SSSR count). The predicted octanol–water partition coefficient (Wildman–Crippen LogP) is 0.763. The molecule has 0 saturated carbocycles. The number of thioether (sulfide) groups is 1. The van der Waals surface area contributed by atoms with Crippen LogP contribution in [0.2, 0.25) is 0 Å². The molecular weight excluding hydrogens is 160 g/mol. The molecule has 11 heavy (non-hydrogen) atoms. The monoisotopic (exact) mass is 174 g/mol. The number of likely N-dealkylation sites (tertiary alicyclic amines) is 1. The highest BCUT2D eigenvalue weighted by molar-refractivity contribution is 7.99. The van der Waals surface area contributed by atoms with Crippen molar-refractivity contribution in [3.05, 3.63) is 0 Å². The van der Waals surface area contributed by atoms with E-state index < -0.39 is 0 Å². The van der Waals surface area contributed by atoms with Crippen LogP contribution in [0.25, 0.3) is 0 Å². The molecule has 2 amide bonds. The van der Waals surface area contributed by atoms with Crippen LogP contribution in [0.5, 0.6) is 0 Å².